The van der Waals surface area contributed by atoms with Gasteiger partial charge in [0, 0.05) is 30.1 Å². The fourth-order valence-electron chi connectivity index (χ4n) is 3.32. The highest BCUT2D eigenvalue weighted by atomic mass is 19.1. The summed E-state index contributed by atoms with van der Waals surface area (Å²) < 4.78 is 14.2. The van der Waals surface area contributed by atoms with E-state index in [1.165, 1.54) is 11.6 Å². The molecule has 5 heteroatoms. The normalized spacial score (nSPS) is 12.1. The number of rotatable bonds is 5. The number of aliphatic imine (C=N–C) groups is 1. The summed E-state index contributed by atoms with van der Waals surface area (Å²) in [5.74, 6) is -0.948. The number of aromatic nitrogens is 1. The molecule has 1 amide bonds. The third-order valence-electron chi connectivity index (χ3n) is 4.78. The number of fused-ring (bicyclic) bond motifs is 1. The van der Waals surface area contributed by atoms with Gasteiger partial charge >= 0.3 is 0 Å². The molecule has 0 unspecified atom stereocenters. The number of carbonyl (C=O) groups is 1. The molecule has 1 aromatic heterocycles. The maximum atomic E-state index is 14.2. The smallest absolute Gasteiger partial charge is 0.254 e. The minimum Gasteiger partial charge on any atom is -0.352 e. The van der Waals surface area contributed by atoms with Crippen LogP contribution in [-0.2, 0) is 6.54 Å². The molecule has 140 valence electrons. The van der Waals surface area contributed by atoms with Crippen molar-refractivity contribution in [2.24, 2.45) is 4.99 Å². The first-order valence-corrected chi connectivity index (χ1v) is 9.33. The lowest BCUT2D eigenvalue weighted by molar-refractivity contribution is 0.0949. The predicted molar refractivity (Wildman–Crippen MR) is 109 cm³/mol. The van der Waals surface area contributed by atoms with Gasteiger partial charge in [-0.1, -0.05) is 25.1 Å². The van der Waals surface area contributed by atoms with Crippen LogP contribution < -0.4 is 5.32 Å². The number of nitrogens with zero attached hydrogens (tertiary/aromatic N) is 2. The summed E-state index contributed by atoms with van der Waals surface area (Å²) in [6.45, 7) is 3.17. The number of amides is 1. The average Bonchev–Trinajstić information content (AvgIpc) is 3.20. The highest BCUT2D eigenvalue weighted by Crippen LogP contribution is 2.32. The van der Waals surface area contributed by atoms with Gasteiger partial charge in [0.1, 0.15) is 5.82 Å². The van der Waals surface area contributed by atoms with Gasteiger partial charge in [-0.3, -0.25) is 14.8 Å². The zero-order valence-corrected chi connectivity index (χ0v) is 15.6. The van der Waals surface area contributed by atoms with E-state index < -0.39 is 11.7 Å². The number of nitrogens with one attached hydrogen (secondary N) is 1. The summed E-state index contributed by atoms with van der Waals surface area (Å²) in [5.41, 5.74) is 5.68. The molecule has 0 spiro atoms. The van der Waals surface area contributed by atoms with Gasteiger partial charge in [-0.05, 0) is 53.4 Å². The number of pyridine rings is 1. The zero-order chi connectivity index (χ0) is 19.5. The maximum Gasteiger partial charge on any atom is 0.254 e. The average molecular weight is 373 g/mol. The molecule has 0 aliphatic carbocycles. The van der Waals surface area contributed by atoms with E-state index in [-0.39, 0.29) is 5.56 Å². The topological polar surface area (TPSA) is 54.4 Å². The molecule has 0 saturated carbocycles. The molecule has 0 bridgehead atoms. The molecule has 4 nitrogen and oxygen atoms in total. The van der Waals surface area contributed by atoms with Gasteiger partial charge < -0.3 is 5.32 Å². The van der Waals surface area contributed by atoms with Crippen LogP contribution in [0.15, 0.2) is 59.7 Å². The highest BCUT2D eigenvalue weighted by molar-refractivity contribution is 5.96. The standard InChI is InChI=1S/C23H20FN3O/c1-2-9-27-23(28)20-12-16(7-8-21(20)24)22-19(4-3-10-26-22)15-5-6-17-13-25-14-18(17)11-15/h3-8,10-12,14H,2,9,13H2,1H3,(H,27,28). The van der Waals surface area contributed by atoms with Crippen molar-refractivity contribution in [1.29, 1.82) is 0 Å². The molecular weight excluding hydrogens is 353 g/mol. The van der Waals surface area contributed by atoms with Crippen molar-refractivity contribution in [1.82, 2.24) is 10.3 Å². The zero-order valence-electron chi connectivity index (χ0n) is 15.6. The molecule has 2 aromatic carbocycles. The lowest BCUT2D eigenvalue weighted by Gasteiger charge is -2.12. The molecule has 2 heterocycles. The summed E-state index contributed by atoms with van der Waals surface area (Å²) >= 11 is 0. The molecule has 0 atom stereocenters. The van der Waals surface area contributed by atoms with Gasteiger partial charge in [-0.2, -0.15) is 0 Å². The third-order valence-corrected chi connectivity index (χ3v) is 4.78. The van der Waals surface area contributed by atoms with Gasteiger partial charge in [0.25, 0.3) is 5.91 Å². The van der Waals surface area contributed by atoms with Crippen LogP contribution in [-0.4, -0.2) is 23.7 Å². The summed E-state index contributed by atoms with van der Waals surface area (Å²) in [6, 6.07) is 14.6. The van der Waals surface area contributed by atoms with Crippen molar-refractivity contribution < 1.29 is 9.18 Å². The Balaban J connectivity index is 1.77. The summed E-state index contributed by atoms with van der Waals surface area (Å²) in [7, 11) is 0. The van der Waals surface area contributed by atoms with Crippen molar-refractivity contribution in [3.63, 3.8) is 0 Å². The fourth-order valence-corrected chi connectivity index (χ4v) is 3.32. The molecule has 4 rings (SSSR count). The van der Waals surface area contributed by atoms with Crippen molar-refractivity contribution >= 4 is 12.1 Å². The van der Waals surface area contributed by atoms with Crippen LogP contribution in [0.5, 0.6) is 0 Å². The molecule has 1 N–H and O–H groups in total. The van der Waals surface area contributed by atoms with E-state index in [0.717, 1.165) is 23.1 Å². The molecule has 0 fully saturated rings. The number of hydrogen-bond acceptors (Lipinski definition) is 3. The molecule has 0 saturated heterocycles. The molecule has 1 aliphatic rings. The van der Waals surface area contributed by atoms with Crippen molar-refractivity contribution in [2.45, 2.75) is 19.9 Å². The molecular formula is C23H20FN3O. The van der Waals surface area contributed by atoms with Crippen molar-refractivity contribution in [3.05, 3.63) is 77.2 Å². The molecule has 28 heavy (non-hydrogen) atoms. The molecule has 1 aliphatic heterocycles. The van der Waals surface area contributed by atoms with Crippen molar-refractivity contribution in [3.8, 4) is 22.4 Å². The maximum absolute atomic E-state index is 14.2. The van der Waals surface area contributed by atoms with Crippen LogP contribution in [0.2, 0.25) is 0 Å². The van der Waals surface area contributed by atoms with E-state index in [9.17, 15) is 9.18 Å². The first kappa shape index (κ1) is 18.0. The van der Waals surface area contributed by atoms with Crippen LogP contribution in [0.1, 0.15) is 34.8 Å². The molecule has 3 aromatic rings. The Morgan fingerprint density at radius 3 is 2.86 bits per heavy atom. The minimum atomic E-state index is -0.538. The summed E-state index contributed by atoms with van der Waals surface area (Å²) in [4.78, 5) is 21.1. The Labute approximate surface area is 163 Å². The van der Waals surface area contributed by atoms with Gasteiger partial charge in [0.05, 0.1) is 17.8 Å². The van der Waals surface area contributed by atoms with Gasteiger partial charge in [-0.15, -0.1) is 0 Å². The van der Waals surface area contributed by atoms with Crippen LogP contribution in [0.25, 0.3) is 22.4 Å². The first-order chi connectivity index (χ1) is 13.7. The van der Waals surface area contributed by atoms with Crippen LogP contribution in [0.4, 0.5) is 4.39 Å². The van der Waals surface area contributed by atoms with Gasteiger partial charge in [0.2, 0.25) is 0 Å². The van der Waals surface area contributed by atoms with E-state index >= 15 is 0 Å². The van der Waals surface area contributed by atoms with Crippen molar-refractivity contribution in [2.75, 3.05) is 6.54 Å². The van der Waals surface area contributed by atoms with E-state index in [0.29, 0.717) is 24.3 Å². The second-order valence-corrected chi connectivity index (χ2v) is 6.73. The fraction of sp³-hybridized carbons (Fsp3) is 0.174. The molecule has 0 radical (unpaired) electrons. The number of halogens is 1. The second kappa shape index (κ2) is 7.72. The Morgan fingerprint density at radius 2 is 2.00 bits per heavy atom. The Kier molecular flexibility index (Phi) is 4.98. The first-order valence-electron chi connectivity index (χ1n) is 9.33. The van der Waals surface area contributed by atoms with E-state index in [4.69, 9.17) is 0 Å². The monoisotopic (exact) mass is 373 g/mol. The van der Waals surface area contributed by atoms with Gasteiger partial charge in [0.15, 0.2) is 0 Å². The van der Waals surface area contributed by atoms with Crippen LogP contribution in [0, 0.1) is 5.82 Å². The lowest BCUT2D eigenvalue weighted by atomic mass is 9.95. The quantitative estimate of drug-likeness (QED) is 0.709. The highest BCUT2D eigenvalue weighted by Gasteiger charge is 2.16. The third kappa shape index (κ3) is 3.43. The number of hydrogen-bond donors (Lipinski definition) is 1. The SMILES string of the molecule is CCCNC(=O)c1cc(-c2ncccc2-c2ccc3c(c2)C=NC3)ccc1F. The number of benzene rings is 2. The van der Waals surface area contributed by atoms with Crippen LogP contribution >= 0.6 is 0 Å². The Hall–Kier alpha value is -3.34. The van der Waals surface area contributed by atoms with E-state index in [1.54, 1.807) is 18.3 Å². The minimum absolute atomic E-state index is 0.0311. The lowest BCUT2D eigenvalue weighted by Crippen LogP contribution is -2.25. The Morgan fingerprint density at radius 1 is 1.14 bits per heavy atom. The van der Waals surface area contributed by atoms with Gasteiger partial charge in [-0.25, -0.2) is 4.39 Å². The number of carbonyl (C=O) groups excluding carboxylic acids is 1. The summed E-state index contributed by atoms with van der Waals surface area (Å²) in [5, 5.41) is 2.73. The van der Waals surface area contributed by atoms with Crippen LogP contribution in [0.3, 0.4) is 0 Å². The summed E-state index contributed by atoms with van der Waals surface area (Å²) in [6.07, 6.45) is 4.37. The predicted octanol–water partition coefficient (Wildman–Crippen LogP) is 4.63. The largest absolute Gasteiger partial charge is 0.352 e. The van der Waals surface area contributed by atoms with E-state index in [1.807, 2.05) is 31.3 Å². The van der Waals surface area contributed by atoms with E-state index in [2.05, 4.69) is 27.4 Å². The Bertz CT molecular complexity index is 1080. The second-order valence-electron chi connectivity index (χ2n) is 6.73.